The minimum Gasteiger partial charge on any atom is -0.303 e. The highest BCUT2D eigenvalue weighted by molar-refractivity contribution is 7.92. The van der Waals surface area contributed by atoms with Crippen molar-refractivity contribution >= 4 is 25.5 Å². The Morgan fingerprint density at radius 3 is 2.14 bits per heavy atom. The van der Waals surface area contributed by atoms with E-state index in [9.17, 15) is 16.8 Å². The van der Waals surface area contributed by atoms with E-state index in [1.807, 2.05) is 12.1 Å². The molecule has 1 unspecified atom stereocenters. The van der Waals surface area contributed by atoms with Crippen molar-refractivity contribution in [1.82, 2.24) is 4.90 Å². The molecule has 8 heteroatoms. The fourth-order valence-corrected chi connectivity index (χ4v) is 5.22. The first-order chi connectivity index (χ1) is 13.2. The van der Waals surface area contributed by atoms with Crippen LogP contribution >= 0.6 is 0 Å². The lowest BCUT2D eigenvalue weighted by molar-refractivity contribution is 0.335. The van der Waals surface area contributed by atoms with Gasteiger partial charge in [-0.25, -0.2) is 16.8 Å². The highest BCUT2D eigenvalue weighted by atomic mass is 32.2. The van der Waals surface area contributed by atoms with Crippen molar-refractivity contribution in [3.05, 3.63) is 54.1 Å². The SMILES string of the molecule is CCCN1CCC(c2ccc(NS(=O)(=O)c3ccc(S(C)(=O)=O)cc3)cc2)C1. The van der Waals surface area contributed by atoms with Crippen LogP contribution in [0.4, 0.5) is 5.69 Å². The average Bonchev–Trinajstić information content (AvgIpc) is 3.10. The second kappa shape index (κ2) is 8.23. The summed E-state index contributed by atoms with van der Waals surface area (Å²) in [6.07, 6.45) is 3.36. The minimum absolute atomic E-state index is 0.0231. The van der Waals surface area contributed by atoms with Gasteiger partial charge in [0.25, 0.3) is 10.0 Å². The molecule has 28 heavy (non-hydrogen) atoms. The van der Waals surface area contributed by atoms with Crippen LogP contribution in [0.5, 0.6) is 0 Å². The van der Waals surface area contributed by atoms with Crippen LogP contribution in [0.2, 0.25) is 0 Å². The third kappa shape index (κ3) is 4.92. The highest BCUT2D eigenvalue weighted by Gasteiger charge is 2.23. The first-order valence-electron chi connectivity index (χ1n) is 9.34. The van der Waals surface area contributed by atoms with Crippen molar-refractivity contribution in [3.63, 3.8) is 0 Å². The van der Waals surface area contributed by atoms with E-state index in [1.54, 1.807) is 12.1 Å². The smallest absolute Gasteiger partial charge is 0.261 e. The summed E-state index contributed by atoms with van der Waals surface area (Å²) >= 11 is 0. The molecule has 0 aliphatic carbocycles. The zero-order valence-electron chi connectivity index (χ0n) is 16.1. The van der Waals surface area contributed by atoms with Gasteiger partial charge >= 0.3 is 0 Å². The summed E-state index contributed by atoms with van der Waals surface area (Å²) < 4.78 is 50.7. The molecule has 6 nitrogen and oxygen atoms in total. The summed E-state index contributed by atoms with van der Waals surface area (Å²) in [6, 6.07) is 12.7. The molecule has 0 spiro atoms. The lowest BCUT2D eigenvalue weighted by atomic mass is 9.98. The number of likely N-dealkylation sites (tertiary alicyclic amines) is 1. The molecule has 0 aromatic heterocycles. The van der Waals surface area contributed by atoms with Gasteiger partial charge in [-0.1, -0.05) is 19.1 Å². The van der Waals surface area contributed by atoms with Gasteiger partial charge in [-0.15, -0.1) is 0 Å². The highest BCUT2D eigenvalue weighted by Crippen LogP contribution is 2.28. The molecule has 1 aliphatic rings. The Labute approximate surface area is 167 Å². The van der Waals surface area contributed by atoms with Crippen LogP contribution in [-0.4, -0.2) is 47.6 Å². The number of nitrogens with zero attached hydrogens (tertiary/aromatic N) is 1. The van der Waals surface area contributed by atoms with Crippen molar-refractivity contribution in [1.29, 1.82) is 0 Å². The van der Waals surface area contributed by atoms with Gasteiger partial charge in [0.05, 0.1) is 9.79 Å². The maximum atomic E-state index is 12.6. The Kier molecular flexibility index (Phi) is 6.12. The summed E-state index contributed by atoms with van der Waals surface area (Å²) in [5.41, 5.74) is 1.71. The molecule has 1 heterocycles. The summed E-state index contributed by atoms with van der Waals surface area (Å²) in [4.78, 5) is 2.57. The van der Waals surface area contributed by atoms with Crippen LogP contribution in [-0.2, 0) is 19.9 Å². The van der Waals surface area contributed by atoms with E-state index in [4.69, 9.17) is 0 Å². The number of sulfonamides is 1. The quantitative estimate of drug-likeness (QED) is 0.741. The zero-order valence-corrected chi connectivity index (χ0v) is 17.8. The second-order valence-corrected chi connectivity index (χ2v) is 11.0. The van der Waals surface area contributed by atoms with Crippen molar-refractivity contribution < 1.29 is 16.8 Å². The predicted octanol–water partition coefficient (Wildman–Crippen LogP) is 3.09. The Hall–Kier alpha value is -1.90. The monoisotopic (exact) mass is 422 g/mol. The fourth-order valence-electron chi connectivity index (χ4n) is 3.53. The molecule has 0 amide bonds. The van der Waals surface area contributed by atoms with Gasteiger partial charge < -0.3 is 4.90 Å². The summed E-state index contributed by atoms with van der Waals surface area (Å²) in [6.45, 7) is 5.46. The van der Waals surface area contributed by atoms with E-state index in [0.29, 0.717) is 11.6 Å². The fraction of sp³-hybridized carbons (Fsp3) is 0.400. The molecule has 152 valence electrons. The number of nitrogens with one attached hydrogen (secondary N) is 1. The van der Waals surface area contributed by atoms with Gasteiger partial charge in [0, 0.05) is 18.5 Å². The molecule has 1 N–H and O–H groups in total. The number of benzene rings is 2. The number of sulfone groups is 1. The number of rotatable bonds is 7. The Balaban J connectivity index is 1.69. The molecule has 1 fully saturated rings. The summed E-state index contributed by atoms with van der Waals surface area (Å²) in [5.74, 6) is 0.487. The van der Waals surface area contributed by atoms with Crippen molar-refractivity contribution in [2.24, 2.45) is 0 Å². The first kappa shape index (κ1) is 20.8. The first-order valence-corrected chi connectivity index (χ1v) is 12.7. The van der Waals surface area contributed by atoms with Crippen LogP contribution in [0.1, 0.15) is 31.2 Å². The number of anilines is 1. The van der Waals surface area contributed by atoms with Crippen LogP contribution in [0.15, 0.2) is 58.3 Å². The van der Waals surface area contributed by atoms with Gasteiger partial charge in [0.15, 0.2) is 9.84 Å². The largest absolute Gasteiger partial charge is 0.303 e. The number of hydrogen-bond acceptors (Lipinski definition) is 5. The summed E-state index contributed by atoms with van der Waals surface area (Å²) in [7, 11) is -7.14. The Morgan fingerprint density at radius 2 is 1.57 bits per heavy atom. The Bertz CT molecular complexity index is 1010. The van der Waals surface area contributed by atoms with Gasteiger partial charge in [-0.2, -0.15) is 0 Å². The maximum Gasteiger partial charge on any atom is 0.261 e. The zero-order chi connectivity index (χ0) is 20.4. The van der Waals surface area contributed by atoms with Crippen LogP contribution in [0.25, 0.3) is 0 Å². The van der Waals surface area contributed by atoms with Gasteiger partial charge in [-0.3, -0.25) is 4.72 Å². The lowest BCUT2D eigenvalue weighted by Crippen LogP contribution is -2.20. The van der Waals surface area contributed by atoms with E-state index in [1.165, 1.54) is 29.8 Å². The average molecular weight is 423 g/mol. The molecular formula is C20H26N2O4S2. The topological polar surface area (TPSA) is 83.6 Å². The molecule has 2 aromatic carbocycles. The van der Waals surface area contributed by atoms with Crippen molar-refractivity contribution in [3.8, 4) is 0 Å². The van der Waals surface area contributed by atoms with E-state index in [2.05, 4.69) is 16.5 Å². The minimum atomic E-state index is -3.78. The molecule has 0 bridgehead atoms. The predicted molar refractivity (Wildman–Crippen MR) is 111 cm³/mol. The molecule has 0 radical (unpaired) electrons. The lowest BCUT2D eigenvalue weighted by Gasteiger charge is -2.15. The van der Waals surface area contributed by atoms with E-state index >= 15 is 0 Å². The third-order valence-corrected chi connectivity index (χ3v) is 7.53. The number of hydrogen-bond donors (Lipinski definition) is 1. The van der Waals surface area contributed by atoms with Gasteiger partial charge in [0.2, 0.25) is 0 Å². The molecule has 3 rings (SSSR count). The Morgan fingerprint density at radius 1 is 0.964 bits per heavy atom. The molecular weight excluding hydrogens is 396 g/mol. The third-order valence-electron chi connectivity index (χ3n) is 5.01. The van der Waals surface area contributed by atoms with E-state index in [0.717, 1.165) is 38.7 Å². The van der Waals surface area contributed by atoms with Crippen LogP contribution in [0, 0.1) is 0 Å². The van der Waals surface area contributed by atoms with Crippen molar-refractivity contribution in [2.45, 2.75) is 35.5 Å². The normalized spacial score (nSPS) is 18.3. The van der Waals surface area contributed by atoms with Gasteiger partial charge in [-0.05, 0) is 73.8 Å². The van der Waals surface area contributed by atoms with Crippen molar-refractivity contribution in [2.75, 3.05) is 30.6 Å². The molecule has 1 aliphatic heterocycles. The van der Waals surface area contributed by atoms with Crippen LogP contribution in [0.3, 0.4) is 0 Å². The van der Waals surface area contributed by atoms with E-state index < -0.39 is 19.9 Å². The van der Waals surface area contributed by atoms with Crippen LogP contribution < -0.4 is 4.72 Å². The second-order valence-electron chi connectivity index (χ2n) is 7.26. The summed E-state index contributed by atoms with van der Waals surface area (Å²) in [5, 5.41) is 0. The van der Waals surface area contributed by atoms with Gasteiger partial charge in [0.1, 0.15) is 0 Å². The van der Waals surface area contributed by atoms with E-state index in [-0.39, 0.29) is 9.79 Å². The maximum absolute atomic E-state index is 12.6. The molecule has 2 aromatic rings. The molecule has 1 saturated heterocycles. The standard InChI is InChI=1S/C20H26N2O4S2/c1-3-13-22-14-12-17(15-22)16-4-6-18(7-5-16)21-28(25,26)20-10-8-19(9-11-20)27(2,23)24/h4-11,17,21H,3,12-15H2,1-2H3. The molecule has 0 saturated carbocycles. The molecule has 1 atom stereocenters.